The molecule has 0 aliphatic rings. The number of rotatable bonds is 5. The summed E-state index contributed by atoms with van der Waals surface area (Å²) in [6.45, 7) is 3.71. The van der Waals surface area contributed by atoms with Crippen LogP contribution in [0, 0.1) is 12.8 Å². The number of aliphatic carboxylic acids is 1. The number of hydrogen-bond acceptors (Lipinski definition) is 2. The molecule has 0 aliphatic heterocycles. The maximum absolute atomic E-state index is 10.8. The van der Waals surface area contributed by atoms with Gasteiger partial charge in [-0.3, -0.25) is 4.79 Å². The van der Waals surface area contributed by atoms with Crippen LogP contribution in [-0.2, 0) is 11.2 Å². The molecule has 0 bridgehead atoms. The largest absolute Gasteiger partial charge is 0.481 e. The molecular formula is C17H18O3. The highest BCUT2D eigenvalue weighted by atomic mass is 16.5. The fourth-order valence-electron chi connectivity index (χ4n) is 1.93. The van der Waals surface area contributed by atoms with E-state index in [9.17, 15) is 4.79 Å². The highest BCUT2D eigenvalue weighted by Gasteiger charge is 2.11. The Kier molecular flexibility index (Phi) is 4.41. The zero-order valence-corrected chi connectivity index (χ0v) is 11.7. The normalized spacial score (nSPS) is 11.9. The standard InChI is InChI=1S/C17H18O3/c1-12-5-3-4-6-16(12)20-15-9-7-14(8-10-15)11-13(2)17(18)19/h3-10,13H,11H2,1-2H3,(H,18,19). The number of carboxylic acids is 1. The van der Waals surface area contributed by atoms with Gasteiger partial charge >= 0.3 is 5.97 Å². The molecule has 1 atom stereocenters. The van der Waals surface area contributed by atoms with E-state index in [1.54, 1.807) is 6.92 Å². The Hall–Kier alpha value is -2.29. The molecule has 0 saturated heterocycles. The van der Waals surface area contributed by atoms with Crippen LogP contribution in [-0.4, -0.2) is 11.1 Å². The van der Waals surface area contributed by atoms with E-state index in [2.05, 4.69) is 0 Å². The first-order chi connectivity index (χ1) is 9.56. The number of aryl methyl sites for hydroxylation is 1. The molecule has 1 unspecified atom stereocenters. The van der Waals surface area contributed by atoms with Gasteiger partial charge in [-0.05, 0) is 42.7 Å². The van der Waals surface area contributed by atoms with Crippen LogP contribution in [0.1, 0.15) is 18.1 Å². The van der Waals surface area contributed by atoms with Crippen LogP contribution in [0.4, 0.5) is 0 Å². The Morgan fingerprint density at radius 3 is 2.40 bits per heavy atom. The Morgan fingerprint density at radius 2 is 1.80 bits per heavy atom. The predicted molar refractivity (Wildman–Crippen MR) is 78.2 cm³/mol. The molecular weight excluding hydrogens is 252 g/mol. The second-order valence-corrected chi connectivity index (χ2v) is 4.95. The maximum Gasteiger partial charge on any atom is 0.306 e. The van der Waals surface area contributed by atoms with Crippen LogP contribution in [0.5, 0.6) is 11.5 Å². The van der Waals surface area contributed by atoms with Crippen LogP contribution < -0.4 is 4.74 Å². The average Bonchev–Trinajstić information content (AvgIpc) is 2.43. The van der Waals surface area contributed by atoms with Crippen molar-refractivity contribution in [3.8, 4) is 11.5 Å². The highest BCUT2D eigenvalue weighted by Crippen LogP contribution is 2.25. The van der Waals surface area contributed by atoms with Gasteiger partial charge in [0.05, 0.1) is 5.92 Å². The van der Waals surface area contributed by atoms with Gasteiger partial charge in [0.2, 0.25) is 0 Å². The Labute approximate surface area is 118 Å². The fraction of sp³-hybridized carbons (Fsp3) is 0.235. The summed E-state index contributed by atoms with van der Waals surface area (Å²) in [5.74, 6) is 0.438. The summed E-state index contributed by atoms with van der Waals surface area (Å²) in [5.41, 5.74) is 2.08. The van der Waals surface area contributed by atoms with Crippen molar-refractivity contribution in [2.75, 3.05) is 0 Å². The SMILES string of the molecule is Cc1ccccc1Oc1ccc(CC(C)C(=O)O)cc1. The number of ether oxygens (including phenoxy) is 1. The summed E-state index contributed by atoms with van der Waals surface area (Å²) >= 11 is 0. The van der Waals surface area contributed by atoms with Crippen molar-refractivity contribution in [3.05, 3.63) is 59.7 Å². The van der Waals surface area contributed by atoms with Gasteiger partial charge in [-0.2, -0.15) is 0 Å². The number of benzene rings is 2. The molecule has 3 nitrogen and oxygen atoms in total. The minimum Gasteiger partial charge on any atom is -0.481 e. The van der Waals surface area contributed by atoms with E-state index in [-0.39, 0.29) is 5.92 Å². The summed E-state index contributed by atoms with van der Waals surface area (Å²) in [4.78, 5) is 10.8. The molecule has 104 valence electrons. The van der Waals surface area contributed by atoms with E-state index in [1.807, 2.05) is 55.5 Å². The van der Waals surface area contributed by atoms with Gasteiger partial charge in [-0.1, -0.05) is 37.3 Å². The molecule has 0 aromatic heterocycles. The lowest BCUT2D eigenvalue weighted by atomic mass is 10.0. The van der Waals surface area contributed by atoms with Crippen molar-refractivity contribution >= 4 is 5.97 Å². The first-order valence-electron chi connectivity index (χ1n) is 6.61. The van der Waals surface area contributed by atoms with Gasteiger partial charge in [-0.15, -0.1) is 0 Å². The van der Waals surface area contributed by atoms with E-state index in [1.165, 1.54) is 0 Å². The van der Waals surface area contributed by atoms with Gasteiger partial charge in [0.15, 0.2) is 0 Å². The molecule has 0 amide bonds. The van der Waals surface area contributed by atoms with E-state index in [0.717, 1.165) is 22.6 Å². The molecule has 3 heteroatoms. The predicted octanol–water partition coefficient (Wildman–Crippen LogP) is 4.05. The molecule has 0 fully saturated rings. The number of carbonyl (C=O) groups is 1. The number of hydrogen-bond donors (Lipinski definition) is 1. The van der Waals surface area contributed by atoms with Crippen molar-refractivity contribution in [1.82, 2.24) is 0 Å². The minimum absolute atomic E-state index is 0.377. The lowest BCUT2D eigenvalue weighted by Crippen LogP contribution is -2.12. The van der Waals surface area contributed by atoms with Crippen molar-refractivity contribution in [2.45, 2.75) is 20.3 Å². The van der Waals surface area contributed by atoms with Crippen LogP contribution in [0.25, 0.3) is 0 Å². The first-order valence-corrected chi connectivity index (χ1v) is 6.61. The van der Waals surface area contributed by atoms with Gasteiger partial charge in [0, 0.05) is 0 Å². The molecule has 1 N–H and O–H groups in total. The van der Waals surface area contributed by atoms with E-state index >= 15 is 0 Å². The zero-order chi connectivity index (χ0) is 14.5. The lowest BCUT2D eigenvalue weighted by Gasteiger charge is -2.10. The third-order valence-corrected chi connectivity index (χ3v) is 3.21. The van der Waals surface area contributed by atoms with Crippen LogP contribution in [0.15, 0.2) is 48.5 Å². The topological polar surface area (TPSA) is 46.5 Å². The highest BCUT2D eigenvalue weighted by molar-refractivity contribution is 5.69. The quantitative estimate of drug-likeness (QED) is 0.891. The zero-order valence-electron chi connectivity index (χ0n) is 11.7. The maximum atomic E-state index is 10.8. The summed E-state index contributed by atoms with van der Waals surface area (Å²) in [7, 11) is 0. The van der Waals surface area contributed by atoms with Crippen molar-refractivity contribution in [2.24, 2.45) is 5.92 Å². The third kappa shape index (κ3) is 3.60. The summed E-state index contributed by atoms with van der Waals surface area (Å²) in [6, 6.07) is 15.4. The van der Waals surface area contributed by atoms with E-state index < -0.39 is 5.97 Å². The minimum atomic E-state index is -0.773. The monoisotopic (exact) mass is 270 g/mol. The summed E-state index contributed by atoms with van der Waals surface area (Å²) in [5, 5.41) is 8.90. The first kappa shape index (κ1) is 14.1. The Bertz CT molecular complexity index is 587. The average molecular weight is 270 g/mol. The number of para-hydroxylation sites is 1. The molecule has 20 heavy (non-hydrogen) atoms. The van der Waals surface area contributed by atoms with Gasteiger partial charge in [0.1, 0.15) is 11.5 Å². The van der Waals surface area contributed by atoms with Gasteiger partial charge < -0.3 is 9.84 Å². The van der Waals surface area contributed by atoms with Crippen molar-refractivity contribution < 1.29 is 14.6 Å². The fourth-order valence-corrected chi connectivity index (χ4v) is 1.93. The van der Waals surface area contributed by atoms with E-state index in [0.29, 0.717) is 6.42 Å². The summed E-state index contributed by atoms with van der Waals surface area (Å²) < 4.78 is 5.80. The van der Waals surface area contributed by atoms with Gasteiger partial charge in [-0.25, -0.2) is 0 Å². The molecule has 0 spiro atoms. The van der Waals surface area contributed by atoms with Gasteiger partial charge in [0.25, 0.3) is 0 Å². The second-order valence-electron chi connectivity index (χ2n) is 4.95. The molecule has 2 rings (SSSR count). The molecule has 0 saturated carbocycles. The molecule has 2 aromatic carbocycles. The molecule has 0 aliphatic carbocycles. The van der Waals surface area contributed by atoms with Crippen LogP contribution in [0.3, 0.4) is 0 Å². The molecule has 0 radical (unpaired) electrons. The van der Waals surface area contributed by atoms with E-state index in [4.69, 9.17) is 9.84 Å². The molecule has 0 heterocycles. The smallest absolute Gasteiger partial charge is 0.306 e. The van der Waals surface area contributed by atoms with Crippen LogP contribution in [0.2, 0.25) is 0 Å². The second kappa shape index (κ2) is 6.24. The van der Waals surface area contributed by atoms with Crippen molar-refractivity contribution in [3.63, 3.8) is 0 Å². The lowest BCUT2D eigenvalue weighted by molar-refractivity contribution is -0.141. The van der Waals surface area contributed by atoms with Crippen LogP contribution >= 0.6 is 0 Å². The third-order valence-electron chi connectivity index (χ3n) is 3.21. The summed E-state index contributed by atoms with van der Waals surface area (Å²) in [6.07, 6.45) is 0.528. The number of carboxylic acid groups (broad SMARTS) is 1. The molecule has 2 aromatic rings. The van der Waals surface area contributed by atoms with Crippen molar-refractivity contribution in [1.29, 1.82) is 0 Å². The Morgan fingerprint density at radius 1 is 1.15 bits per heavy atom. The Balaban J connectivity index is 2.05.